The summed E-state index contributed by atoms with van der Waals surface area (Å²) in [6.07, 6.45) is 1.45. The number of imide groups is 1. The van der Waals surface area contributed by atoms with E-state index in [1.54, 1.807) is 60.5 Å². The van der Waals surface area contributed by atoms with Crippen molar-refractivity contribution < 1.29 is 19.1 Å². The molecule has 190 valence electrons. The predicted octanol–water partition coefficient (Wildman–Crippen LogP) is 4.13. The largest absolute Gasteiger partial charge is 0.497 e. The van der Waals surface area contributed by atoms with Crippen molar-refractivity contribution >= 4 is 23.4 Å². The summed E-state index contributed by atoms with van der Waals surface area (Å²) in [5.74, 6) is -0.204. The van der Waals surface area contributed by atoms with Crippen LogP contribution in [0.4, 0.5) is 5.69 Å². The Morgan fingerprint density at radius 2 is 1.51 bits per heavy atom. The summed E-state index contributed by atoms with van der Waals surface area (Å²) in [5, 5.41) is 0. The van der Waals surface area contributed by atoms with Crippen LogP contribution in [-0.4, -0.2) is 59.8 Å². The summed E-state index contributed by atoms with van der Waals surface area (Å²) in [7, 11) is 1.58. The van der Waals surface area contributed by atoms with Crippen molar-refractivity contribution in [1.29, 1.82) is 0 Å². The maximum absolute atomic E-state index is 13.9. The van der Waals surface area contributed by atoms with Crippen LogP contribution in [0, 0.1) is 0 Å². The first kappa shape index (κ1) is 24.7. The molecule has 3 amide bonds. The predicted molar refractivity (Wildman–Crippen MR) is 141 cm³/mol. The van der Waals surface area contributed by atoms with Gasteiger partial charge in [-0.05, 0) is 54.8 Å². The summed E-state index contributed by atoms with van der Waals surface area (Å²) in [6.45, 7) is 2.47. The molecule has 0 N–H and O–H groups in total. The van der Waals surface area contributed by atoms with Crippen molar-refractivity contribution in [2.75, 3.05) is 25.1 Å². The van der Waals surface area contributed by atoms with Gasteiger partial charge in [0.25, 0.3) is 11.8 Å². The van der Waals surface area contributed by atoms with Gasteiger partial charge in [-0.15, -0.1) is 0 Å². The van der Waals surface area contributed by atoms with Gasteiger partial charge in [0.1, 0.15) is 11.8 Å². The minimum atomic E-state index is -0.826. The molecule has 7 nitrogen and oxygen atoms in total. The van der Waals surface area contributed by atoms with Crippen LogP contribution >= 0.6 is 0 Å². The second kappa shape index (κ2) is 11.0. The van der Waals surface area contributed by atoms with E-state index in [0.717, 1.165) is 32.5 Å². The van der Waals surface area contributed by atoms with E-state index in [0.29, 0.717) is 17.0 Å². The number of anilines is 1. The molecule has 0 aromatic heterocycles. The van der Waals surface area contributed by atoms with E-state index in [9.17, 15) is 14.4 Å². The minimum absolute atomic E-state index is 0.0140. The second-order valence-corrected chi connectivity index (χ2v) is 9.56. The number of ether oxygens (including phenoxy) is 1. The van der Waals surface area contributed by atoms with Crippen LogP contribution in [0.25, 0.3) is 0 Å². The van der Waals surface area contributed by atoms with Gasteiger partial charge in [-0.2, -0.15) is 0 Å². The molecule has 5 rings (SSSR count). The molecular weight excluding hydrogens is 466 g/mol. The Bertz CT molecular complexity index is 1240. The van der Waals surface area contributed by atoms with Gasteiger partial charge in [-0.1, -0.05) is 48.5 Å². The maximum Gasteiger partial charge on any atom is 0.257 e. The Hall–Kier alpha value is -3.97. The lowest BCUT2D eigenvalue weighted by molar-refractivity contribution is -0.123. The van der Waals surface area contributed by atoms with Crippen LogP contribution in [0.15, 0.2) is 84.9 Å². The third-order valence-electron chi connectivity index (χ3n) is 7.24. The van der Waals surface area contributed by atoms with E-state index in [-0.39, 0.29) is 30.2 Å². The average Bonchev–Trinajstić information content (AvgIpc) is 3.23. The number of carbonyl (C=O) groups excluding carboxylic acids is 3. The lowest BCUT2D eigenvalue weighted by Gasteiger charge is -2.40. The Labute approximate surface area is 217 Å². The fourth-order valence-electron chi connectivity index (χ4n) is 5.32. The first-order chi connectivity index (χ1) is 18.0. The van der Waals surface area contributed by atoms with E-state index in [1.807, 2.05) is 24.3 Å². The van der Waals surface area contributed by atoms with Crippen molar-refractivity contribution in [3.63, 3.8) is 0 Å². The van der Waals surface area contributed by atoms with Crippen molar-refractivity contribution in [3.05, 3.63) is 96.1 Å². The van der Waals surface area contributed by atoms with Crippen molar-refractivity contribution in [3.8, 4) is 5.75 Å². The van der Waals surface area contributed by atoms with Crippen LogP contribution < -0.4 is 9.64 Å². The monoisotopic (exact) mass is 497 g/mol. The number of methoxy groups -OCH3 is 1. The third-order valence-corrected chi connectivity index (χ3v) is 7.24. The van der Waals surface area contributed by atoms with E-state index < -0.39 is 6.04 Å². The number of rotatable bonds is 7. The average molecular weight is 498 g/mol. The smallest absolute Gasteiger partial charge is 0.257 e. The third kappa shape index (κ3) is 5.27. The number of amides is 3. The summed E-state index contributed by atoms with van der Waals surface area (Å²) in [4.78, 5) is 45.8. The number of hydrogen-bond donors (Lipinski definition) is 0. The molecular formula is C30H31N3O4. The highest BCUT2D eigenvalue weighted by Gasteiger charge is 2.47. The number of piperidine rings is 1. The highest BCUT2D eigenvalue weighted by molar-refractivity contribution is 6.23. The number of benzene rings is 3. The molecule has 1 atom stereocenters. The zero-order valence-electron chi connectivity index (χ0n) is 21.0. The van der Waals surface area contributed by atoms with Gasteiger partial charge in [-0.3, -0.25) is 19.3 Å². The van der Waals surface area contributed by atoms with E-state index >= 15 is 0 Å². The van der Waals surface area contributed by atoms with Gasteiger partial charge in [0.15, 0.2) is 0 Å². The number of nitrogens with zero attached hydrogens (tertiary/aromatic N) is 3. The summed E-state index contributed by atoms with van der Waals surface area (Å²) in [5.41, 5.74) is 2.27. The number of hydrogen-bond acceptors (Lipinski definition) is 5. The molecule has 1 unspecified atom stereocenters. The zero-order valence-corrected chi connectivity index (χ0v) is 21.0. The van der Waals surface area contributed by atoms with Crippen LogP contribution in [0.2, 0.25) is 0 Å². The molecule has 7 heteroatoms. The van der Waals surface area contributed by atoms with Gasteiger partial charge in [0.05, 0.1) is 19.2 Å². The molecule has 2 aliphatic heterocycles. The van der Waals surface area contributed by atoms with E-state index in [2.05, 4.69) is 17.0 Å². The first-order valence-corrected chi connectivity index (χ1v) is 12.7. The van der Waals surface area contributed by atoms with E-state index in [4.69, 9.17) is 4.74 Å². The number of likely N-dealkylation sites (tertiary alicyclic amines) is 1. The molecule has 0 aliphatic carbocycles. The quantitative estimate of drug-likeness (QED) is 0.459. The number of carbonyl (C=O) groups is 3. The van der Waals surface area contributed by atoms with Gasteiger partial charge in [-0.25, -0.2) is 4.90 Å². The van der Waals surface area contributed by atoms with Crippen molar-refractivity contribution in [1.82, 2.24) is 9.80 Å². The standard InChI is InChI=1S/C30H31N3O4/c1-37-26-14-12-23(13-15-26)29(35)32(25-16-18-31(19-17-25)21-22-8-4-2-5-9-22)27-20-28(34)33(30(27)36)24-10-6-3-7-11-24/h2-15,25,27H,16-21H2,1H3. The Morgan fingerprint density at radius 3 is 2.14 bits per heavy atom. The van der Waals surface area contributed by atoms with Crippen molar-refractivity contribution in [2.45, 2.75) is 37.9 Å². The molecule has 0 bridgehead atoms. The lowest BCUT2D eigenvalue weighted by atomic mass is 9.98. The van der Waals surface area contributed by atoms with Gasteiger partial charge < -0.3 is 9.64 Å². The molecule has 0 radical (unpaired) electrons. The SMILES string of the molecule is COc1ccc(C(=O)N(C2CCN(Cc3ccccc3)CC2)C2CC(=O)N(c3ccccc3)C2=O)cc1. The van der Waals surface area contributed by atoms with Crippen LogP contribution in [0.5, 0.6) is 5.75 Å². The molecule has 0 spiro atoms. The molecule has 2 heterocycles. The molecule has 3 aromatic rings. The number of para-hydroxylation sites is 1. The van der Waals surface area contributed by atoms with Crippen LogP contribution in [0.1, 0.15) is 35.2 Å². The molecule has 2 aliphatic rings. The van der Waals surface area contributed by atoms with Crippen molar-refractivity contribution in [2.24, 2.45) is 0 Å². The molecule has 0 saturated carbocycles. The minimum Gasteiger partial charge on any atom is -0.497 e. The molecule has 3 aromatic carbocycles. The normalized spacial score (nSPS) is 18.7. The Kier molecular flexibility index (Phi) is 7.32. The van der Waals surface area contributed by atoms with E-state index in [1.165, 1.54) is 10.5 Å². The maximum atomic E-state index is 13.9. The van der Waals surface area contributed by atoms with Gasteiger partial charge >= 0.3 is 0 Å². The zero-order chi connectivity index (χ0) is 25.8. The summed E-state index contributed by atoms with van der Waals surface area (Å²) >= 11 is 0. The summed E-state index contributed by atoms with van der Waals surface area (Å²) < 4.78 is 5.24. The van der Waals surface area contributed by atoms with Gasteiger partial charge in [0.2, 0.25) is 5.91 Å². The highest BCUT2D eigenvalue weighted by atomic mass is 16.5. The molecule has 2 saturated heterocycles. The highest BCUT2D eigenvalue weighted by Crippen LogP contribution is 2.31. The molecule has 37 heavy (non-hydrogen) atoms. The van der Waals surface area contributed by atoms with Crippen LogP contribution in [0.3, 0.4) is 0 Å². The molecule has 2 fully saturated rings. The first-order valence-electron chi connectivity index (χ1n) is 12.7. The lowest BCUT2D eigenvalue weighted by Crippen LogP contribution is -2.54. The summed E-state index contributed by atoms with van der Waals surface area (Å²) in [6, 6.07) is 25.2. The van der Waals surface area contributed by atoms with Gasteiger partial charge in [0, 0.05) is 31.2 Å². The van der Waals surface area contributed by atoms with Crippen LogP contribution in [-0.2, 0) is 16.1 Å². The Morgan fingerprint density at radius 1 is 0.892 bits per heavy atom. The fraction of sp³-hybridized carbons (Fsp3) is 0.300. The second-order valence-electron chi connectivity index (χ2n) is 9.56. The Balaban J connectivity index is 1.39. The topological polar surface area (TPSA) is 70.2 Å². The fourth-order valence-corrected chi connectivity index (χ4v) is 5.32.